The summed E-state index contributed by atoms with van der Waals surface area (Å²) in [5.41, 5.74) is 5.98. The topological polar surface area (TPSA) is 59.8 Å². The average Bonchev–Trinajstić information content (AvgIpc) is 3.40. The third kappa shape index (κ3) is 3.98. The molecule has 28 heavy (non-hydrogen) atoms. The summed E-state index contributed by atoms with van der Waals surface area (Å²) in [4.78, 5) is 17.2. The number of amides is 1. The van der Waals surface area contributed by atoms with E-state index in [0.717, 1.165) is 41.8 Å². The first-order valence-corrected chi connectivity index (χ1v) is 9.97. The van der Waals surface area contributed by atoms with Gasteiger partial charge in [-0.3, -0.25) is 4.79 Å². The first kappa shape index (κ1) is 18.4. The molecule has 2 aromatic heterocycles. The maximum Gasteiger partial charge on any atom is 0.270 e. The number of rotatable bonds is 5. The van der Waals surface area contributed by atoms with Gasteiger partial charge in [0, 0.05) is 24.1 Å². The van der Waals surface area contributed by atoms with Crippen molar-refractivity contribution in [2.45, 2.75) is 52.0 Å². The van der Waals surface area contributed by atoms with Crippen molar-refractivity contribution in [1.29, 1.82) is 0 Å². The second kappa shape index (κ2) is 7.97. The zero-order valence-corrected chi connectivity index (χ0v) is 16.5. The molecule has 0 saturated heterocycles. The van der Waals surface area contributed by atoms with Crippen molar-refractivity contribution in [3.63, 3.8) is 0 Å². The Labute approximate surface area is 165 Å². The molecule has 5 heteroatoms. The van der Waals surface area contributed by atoms with Gasteiger partial charge in [0.1, 0.15) is 5.69 Å². The Morgan fingerprint density at radius 2 is 1.93 bits per heavy atom. The van der Waals surface area contributed by atoms with Crippen LogP contribution in [0.4, 0.5) is 0 Å². The van der Waals surface area contributed by atoms with Gasteiger partial charge in [0.05, 0.1) is 5.69 Å². The van der Waals surface area contributed by atoms with Crippen LogP contribution in [0, 0.1) is 13.8 Å². The highest BCUT2D eigenvalue weighted by Gasteiger charge is 2.20. The summed E-state index contributed by atoms with van der Waals surface area (Å²) in [7, 11) is 0. The molecular formula is C23H26N4O. The smallest absolute Gasteiger partial charge is 0.270 e. The summed E-state index contributed by atoms with van der Waals surface area (Å²) < 4.78 is 1.84. The summed E-state index contributed by atoms with van der Waals surface area (Å²) in [6.45, 7) is 4.06. The SMILES string of the molecule is Cc1nc(C(=O)NC2CCCC2)cc(Cc2ccc(-n3cccn3)cc2)c1C. The molecular weight excluding hydrogens is 348 g/mol. The average molecular weight is 374 g/mol. The van der Waals surface area contributed by atoms with Crippen LogP contribution in [0.25, 0.3) is 5.69 Å². The van der Waals surface area contributed by atoms with Gasteiger partial charge in [-0.15, -0.1) is 0 Å². The number of nitrogens with one attached hydrogen (secondary N) is 1. The van der Waals surface area contributed by atoms with Gasteiger partial charge in [0.15, 0.2) is 0 Å². The van der Waals surface area contributed by atoms with Crippen LogP contribution in [0.5, 0.6) is 0 Å². The molecule has 0 aliphatic heterocycles. The number of nitrogens with zero attached hydrogens (tertiary/aromatic N) is 3. The van der Waals surface area contributed by atoms with Crippen molar-refractivity contribution in [3.8, 4) is 5.69 Å². The predicted octanol–water partition coefficient (Wildman–Crippen LogP) is 4.15. The molecule has 1 aliphatic carbocycles. The molecule has 1 fully saturated rings. The fourth-order valence-electron chi connectivity index (χ4n) is 3.84. The Hall–Kier alpha value is -2.95. The highest BCUT2D eigenvalue weighted by atomic mass is 16.1. The fourth-order valence-corrected chi connectivity index (χ4v) is 3.84. The molecule has 0 spiro atoms. The van der Waals surface area contributed by atoms with E-state index in [4.69, 9.17) is 0 Å². The third-order valence-corrected chi connectivity index (χ3v) is 5.65. The Morgan fingerprint density at radius 3 is 2.61 bits per heavy atom. The van der Waals surface area contributed by atoms with E-state index in [1.165, 1.54) is 18.4 Å². The first-order chi connectivity index (χ1) is 13.6. The van der Waals surface area contributed by atoms with Gasteiger partial charge in [-0.2, -0.15) is 5.10 Å². The molecule has 0 bridgehead atoms. The van der Waals surface area contributed by atoms with Crippen LogP contribution in [0.15, 0.2) is 48.8 Å². The molecule has 1 saturated carbocycles. The monoisotopic (exact) mass is 374 g/mol. The van der Waals surface area contributed by atoms with Crippen LogP contribution in [-0.4, -0.2) is 26.7 Å². The lowest BCUT2D eigenvalue weighted by Crippen LogP contribution is -2.33. The normalized spacial score (nSPS) is 14.4. The minimum atomic E-state index is -0.0507. The number of carbonyl (C=O) groups is 1. The lowest BCUT2D eigenvalue weighted by molar-refractivity contribution is 0.0932. The van der Waals surface area contributed by atoms with Gasteiger partial charge >= 0.3 is 0 Å². The number of benzene rings is 1. The molecule has 1 N–H and O–H groups in total. The van der Waals surface area contributed by atoms with E-state index in [1.54, 1.807) is 6.20 Å². The molecule has 1 amide bonds. The van der Waals surface area contributed by atoms with E-state index in [0.29, 0.717) is 11.7 Å². The van der Waals surface area contributed by atoms with E-state index in [-0.39, 0.29) is 5.91 Å². The molecule has 3 aromatic rings. The van der Waals surface area contributed by atoms with Gasteiger partial charge in [0.2, 0.25) is 0 Å². The highest BCUT2D eigenvalue weighted by molar-refractivity contribution is 5.92. The molecule has 0 atom stereocenters. The predicted molar refractivity (Wildman–Crippen MR) is 110 cm³/mol. The van der Waals surface area contributed by atoms with Crippen molar-refractivity contribution in [1.82, 2.24) is 20.1 Å². The molecule has 4 rings (SSSR count). The Bertz CT molecular complexity index is 955. The number of hydrogen-bond donors (Lipinski definition) is 1. The third-order valence-electron chi connectivity index (χ3n) is 5.65. The van der Waals surface area contributed by atoms with E-state index < -0.39 is 0 Å². The largest absolute Gasteiger partial charge is 0.348 e. The molecule has 1 aliphatic rings. The van der Waals surface area contributed by atoms with Crippen LogP contribution < -0.4 is 5.32 Å². The standard InChI is InChI=1S/C23H26N4O/c1-16-17(2)25-22(23(28)26-20-6-3-4-7-20)15-19(16)14-18-8-10-21(11-9-18)27-13-5-12-24-27/h5,8-13,15,20H,3-4,6-7,14H2,1-2H3,(H,26,28). The second-order valence-corrected chi connectivity index (χ2v) is 7.63. The summed E-state index contributed by atoms with van der Waals surface area (Å²) >= 11 is 0. The quantitative estimate of drug-likeness (QED) is 0.730. The zero-order valence-electron chi connectivity index (χ0n) is 16.5. The van der Waals surface area contributed by atoms with Crippen molar-refractivity contribution in [2.24, 2.45) is 0 Å². The minimum Gasteiger partial charge on any atom is -0.348 e. The van der Waals surface area contributed by atoms with Gasteiger partial charge < -0.3 is 5.32 Å². The van der Waals surface area contributed by atoms with Crippen LogP contribution >= 0.6 is 0 Å². The number of aryl methyl sites for hydroxylation is 1. The van der Waals surface area contributed by atoms with Crippen LogP contribution in [0.2, 0.25) is 0 Å². The highest BCUT2D eigenvalue weighted by Crippen LogP contribution is 2.21. The summed E-state index contributed by atoms with van der Waals surface area (Å²) in [6, 6.07) is 12.5. The number of aromatic nitrogens is 3. The molecule has 144 valence electrons. The van der Waals surface area contributed by atoms with E-state index in [1.807, 2.05) is 29.9 Å². The van der Waals surface area contributed by atoms with Crippen molar-refractivity contribution >= 4 is 5.91 Å². The number of carbonyl (C=O) groups excluding carboxylic acids is 1. The van der Waals surface area contributed by atoms with Crippen LogP contribution in [0.3, 0.4) is 0 Å². The molecule has 0 radical (unpaired) electrons. The number of hydrogen-bond acceptors (Lipinski definition) is 3. The van der Waals surface area contributed by atoms with Crippen molar-refractivity contribution < 1.29 is 4.79 Å². The van der Waals surface area contributed by atoms with Gasteiger partial charge in [-0.05, 0) is 74.1 Å². The molecule has 1 aromatic carbocycles. The van der Waals surface area contributed by atoms with Crippen molar-refractivity contribution in [3.05, 3.63) is 76.9 Å². The zero-order chi connectivity index (χ0) is 19.5. The summed E-state index contributed by atoms with van der Waals surface area (Å²) in [6.07, 6.45) is 9.03. The Balaban J connectivity index is 1.53. The lowest BCUT2D eigenvalue weighted by atomic mass is 9.99. The molecule has 0 unspecified atom stereocenters. The van der Waals surface area contributed by atoms with Crippen LogP contribution in [0.1, 0.15) is 58.6 Å². The number of pyridine rings is 1. The fraction of sp³-hybridized carbons (Fsp3) is 0.348. The van der Waals surface area contributed by atoms with Gasteiger partial charge in [0.25, 0.3) is 5.91 Å². The Kier molecular flexibility index (Phi) is 5.24. The summed E-state index contributed by atoms with van der Waals surface area (Å²) in [5.74, 6) is -0.0507. The Morgan fingerprint density at radius 1 is 1.18 bits per heavy atom. The maximum absolute atomic E-state index is 12.7. The maximum atomic E-state index is 12.7. The van der Waals surface area contributed by atoms with Gasteiger partial charge in [-0.25, -0.2) is 9.67 Å². The van der Waals surface area contributed by atoms with Crippen molar-refractivity contribution in [2.75, 3.05) is 0 Å². The lowest BCUT2D eigenvalue weighted by Gasteiger charge is -2.15. The summed E-state index contributed by atoms with van der Waals surface area (Å²) in [5, 5.41) is 7.41. The van der Waals surface area contributed by atoms with Crippen LogP contribution in [-0.2, 0) is 6.42 Å². The molecule has 2 heterocycles. The van der Waals surface area contributed by atoms with Gasteiger partial charge in [-0.1, -0.05) is 25.0 Å². The van der Waals surface area contributed by atoms with E-state index in [2.05, 4.69) is 46.6 Å². The van der Waals surface area contributed by atoms with E-state index >= 15 is 0 Å². The molecule has 5 nitrogen and oxygen atoms in total. The first-order valence-electron chi connectivity index (χ1n) is 9.97. The van der Waals surface area contributed by atoms with E-state index in [9.17, 15) is 4.79 Å². The minimum absolute atomic E-state index is 0.0507. The second-order valence-electron chi connectivity index (χ2n) is 7.63.